The molecule has 0 radical (unpaired) electrons. The molecule has 0 atom stereocenters. The maximum Gasteiger partial charge on any atom is 0.252 e. The zero-order chi connectivity index (χ0) is 19.8. The van der Waals surface area contributed by atoms with E-state index < -0.39 is 0 Å². The van der Waals surface area contributed by atoms with Crippen LogP contribution in [0.15, 0.2) is 60.7 Å². The summed E-state index contributed by atoms with van der Waals surface area (Å²) in [5.74, 6) is 7.45. The standard InChI is InChI=1S/C23H21NO4/c1-26-21-13-12-18(16-22(21)27-2)23(25)24-14-5-6-15-28-20-11-7-9-17-8-3-4-10-19(17)20/h3-4,7-13,16H,14-15H2,1-2H3,(H,24,25). The summed E-state index contributed by atoms with van der Waals surface area (Å²) in [6, 6.07) is 18.9. The molecule has 3 rings (SSSR count). The van der Waals surface area contributed by atoms with Gasteiger partial charge >= 0.3 is 0 Å². The molecule has 0 saturated carbocycles. The van der Waals surface area contributed by atoms with Crippen molar-refractivity contribution >= 4 is 16.7 Å². The van der Waals surface area contributed by atoms with E-state index in [4.69, 9.17) is 14.2 Å². The molecule has 0 aromatic heterocycles. The van der Waals surface area contributed by atoms with Crippen LogP contribution in [0.2, 0.25) is 0 Å². The molecule has 0 fully saturated rings. The molecule has 0 saturated heterocycles. The van der Waals surface area contributed by atoms with Gasteiger partial charge in [-0.3, -0.25) is 4.79 Å². The van der Waals surface area contributed by atoms with Crippen LogP contribution in [0.4, 0.5) is 0 Å². The summed E-state index contributed by atoms with van der Waals surface area (Å²) in [5.41, 5.74) is 0.478. The van der Waals surface area contributed by atoms with Gasteiger partial charge in [0.25, 0.3) is 5.91 Å². The Kier molecular flexibility index (Phi) is 6.37. The lowest BCUT2D eigenvalue weighted by atomic mass is 10.1. The monoisotopic (exact) mass is 375 g/mol. The number of fused-ring (bicyclic) bond motifs is 1. The topological polar surface area (TPSA) is 56.8 Å². The number of nitrogens with one attached hydrogen (secondary N) is 1. The van der Waals surface area contributed by atoms with E-state index in [-0.39, 0.29) is 19.1 Å². The van der Waals surface area contributed by atoms with Crippen LogP contribution in [0.5, 0.6) is 17.2 Å². The van der Waals surface area contributed by atoms with Gasteiger partial charge in [-0.1, -0.05) is 48.2 Å². The van der Waals surface area contributed by atoms with Crippen molar-refractivity contribution in [1.82, 2.24) is 5.32 Å². The molecule has 5 nitrogen and oxygen atoms in total. The van der Waals surface area contributed by atoms with Crippen molar-refractivity contribution in [3.8, 4) is 29.1 Å². The van der Waals surface area contributed by atoms with E-state index in [1.807, 2.05) is 42.5 Å². The highest BCUT2D eigenvalue weighted by Gasteiger charge is 2.09. The molecule has 1 amide bonds. The van der Waals surface area contributed by atoms with Crippen LogP contribution in [0, 0.1) is 11.8 Å². The smallest absolute Gasteiger partial charge is 0.252 e. The van der Waals surface area contributed by atoms with Gasteiger partial charge in [-0.15, -0.1) is 0 Å². The highest BCUT2D eigenvalue weighted by atomic mass is 16.5. The first-order valence-corrected chi connectivity index (χ1v) is 8.79. The fraction of sp³-hybridized carbons (Fsp3) is 0.174. The van der Waals surface area contributed by atoms with Crippen molar-refractivity contribution in [2.24, 2.45) is 0 Å². The van der Waals surface area contributed by atoms with E-state index in [9.17, 15) is 4.79 Å². The second-order valence-corrected chi connectivity index (χ2v) is 5.87. The molecule has 0 aliphatic rings. The number of ether oxygens (including phenoxy) is 3. The summed E-state index contributed by atoms with van der Waals surface area (Å²) >= 11 is 0. The highest BCUT2D eigenvalue weighted by molar-refractivity contribution is 5.95. The predicted molar refractivity (Wildman–Crippen MR) is 109 cm³/mol. The Balaban J connectivity index is 1.52. The van der Waals surface area contributed by atoms with Gasteiger partial charge in [0, 0.05) is 10.9 Å². The van der Waals surface area contributed by atoms with E-state index in [0.717, 1.165) is 16.5 Å². The lowest BCUT2D eigenvalue weighted by Gasteiger charge is -2.09. The maximum absolute atomic E-state index is 12.2. The van der Waals surface area contributed by atoms with Crippen LogP contribution in [0.3, 0.4) is 0 Å². The van der Waals surface area contributed by atoms with E-state index in [2.05, 4.69) is 17.2 Å². The van der Waals surface area contributed by atoms with Crippen LogP contribution in [0.1, 0.15) is 10.4 Å². The minimum absolute atomic E-state index is 0.228. The Morgan fingerprint density at radius 1 is 0.893 bits per heavy atom. The number of hydrogen-bond donors (Lipinski definition) is 1. The molecule has 0 aliphatic heterocycles. The van der Waals surface area contributed by atoms with Crippen molar-refractivity contribution in [3.63, 3.8) is 0 Å². The van der Waals surface area contributed by atoms with E-state index >= 15 is 0 Å². The third-order valence-electron chi connectivity index (χ3n) is 4.16. The number of carbonyl (C=O) groups excluding carboxylic acids is 1. The van der Waals surface area contributed by atoms with Crippen molar-refractivity contribution in [3.05, 3.63) is 66.2 Å². The average molecular weight is 375 g/mol. The van der Waals surface area contributed by atoms with Crippen molar-refractivity contribution in [2.45, 2.75) is 0 Å². The lowest BCUT2D eigenvalue weighted by molar-refractivity contribution is 0.0958. The molecule has 0 heterocycles. The van der Waals surface area contributed by atoms with Gasteiger partial charge in [-0.05, 0) is 29.7 Å². The Bertz CT molecular complexity index is 1030. The quantitative estimate of drug-likeness (QED) is 0.668. The zero-order valence-electron chi connectivity index (χ0n) is 15.8. The van der Waals surface area contributed by atoms with Crippen molar-refractivity contribution in [2.75, 3.05) is 27.4 Å². The molecule has 28 heavy (non-hydrogen) atoms. The number of benzene rings is 3. The van der Waals surface area contributed by atoms with Crippen LogP contribution in [-0.2, 0) is 0 Å². The van der Waals surface area contributed by atoms with Crippen LogP contribution in [0.25, 0.3) is 10.8 Å². The van der Waals surface area contributed by atoms with Gasteiger partial charge < -0.3 is 19.5 Å². The van der Waals surface area contributed by atoms with E-state index in [1.165, 1.54) is 7.11 Å². The summed E-state index contributed by atoms with van der Waals surface area (Å²) in [5, 5.41) is 4.92. The molecule has 0 bridgehead atoms. The summed E-state index contributed by atoms with van der Waals surface area (Å²) in [4.78, 5) is 12.2. The minimum Gasteiger partial charge on any atom is -0.493 e. The fourth-order valence-corrected chi connectivity index (χ4v) is 2.75. The Labute approximate surface area is 164 Å². The Hall–Kier alpha value is -3.65. The van der Waals surface area contributed by atoms with Gasteiger partial charge in [0.2, 0.25) is 0 Å². The van der Waals surface area contributed by atoms with Gasteiger partial charge in [0.05, 0.1) is 20.8 Å². The number of methoxy groups -OCH3 is 2. The van der Waals surface area contributed by atoms with Gasteiger partial charge in [-0.2, -0.15) is 0 Å². The molecule has 0 spiro atoms. The molecule has 5 heteroatoms. The summed E-state index contributed by atoms with van der Waals surface area (Å²) in [6.45, 7) is 0.478. The fourth-order valence-electron chi connectivity index (χ4n) is 2.75. The second-order valence-electron chi connectivity index (χ2n) is 5.87. The van der Waals surface area contributed by atoms with Gasteiger partial charge in [-0.25, -0.2) is 0 Å². The first-order valence-electron chi connectivity index (χ1n) is 8.79. The average Bonchev–Trinajstić information content (AvgIpc) is 2.75. The first-order chi connectivity index (χ1) is 13.7. The molecule has 0 aliphatic carbocycles. The van der Waals surface area contributed by atoms with Crippen LogP contribution < -0.4 is 19.5 Å². The van der Waals surface area contributed by atoms with Crippen LogP contribution in [-0.4, -0.2) is 33.3 Å². The number of rotatable bonds is 6. The summed E-state index contributed by atoms with van der Waals surface area (Å²) in [6.07, 6.45) is 0. The number of hydrogen-bond acceptors (Lipinski definition) is 4. The molecule has 142 valence electrons. The van der Waals surface area contributed by atoms with Gasteiger partial charge in [0.15, 0.2) is 11.5 Å². The molecule has 3 aromatic rings. The maximum atomic E-state index is 12.2. The molecule has 1 N–H and O–H groups in total. The van der Waals surface area contributed by atoms with Crippen molar-refractivity contribution in [1.29, 1.82) is 0 Å². The van der Waals surface area contributed by atoms with E-state index in [1.54, 1.807) is 25.3 Å². The minimum atomic E-state index is -0.231. The van der Waals surface area contributed by atoms with Gasteiger partial charge in [0.1, 0.15) is 12.4 Å². The second kappa shape index (κ2) is 9.33. The normalized spacial score (nSPS) is 9.93. The predicted octanol–water partition coefficient (Wildman–Crippen LogP) is 3.67. The third kappa shape index (κ3) is 4.54. The molecular weight excluding hydrogens is 354 g/mol. The van der Waals surface area contributed by atoms with Crippen molar-refractivity contribution < 1.29 is 19.0 Å². The lowest BCUT2D eigenvalue weighted by Crippen LogP contribution is -2.23. The Morgan fingerprint density at radius 3 is 2.50 bits per heavy atom. The summed E-state index contributed by atoms with van der Waals surface area (Å²) < 4.78 is 16.1. The molecule has 0 unspecified atom stereocenters. The number of amides is 1. The number of carbonyl (C=O) groups is 1. The highest BCUT2D eigenvalue weighted by Crippen LogP contribution is 2.27. The first kappa shape index (κ1) is 19.1. The third-order valence-corrected chi connectivity index (χ3v) is 4.16. The Morgan fingerprint density at radius 2 is 1.68 bits per heavy atom. The van der Waals surface area contributed by atoms with Crippen LogP contribution >= 0.6 is 0 Å². The molecular formula is C23H21NO4. The largest absolute Gasteiger partial charge is 0.493 e. The SMILES string of the molecule is COc1ccc(C(=O)NCC#CCOc2cccc3ccccc23)cc1OC. The molecule has 3 aromatic carbocycles. The zero-order valence-corrected chi connectivity index (χ0v) is 15.8. The summed E-state index contributed by atoms with van der Waals surface area (Å²) in [7, 11) is 3.08. The van der Waals surface area contributed by atoms with E-state index in [0.29, 0.717) is 17.1 Å².